The molecule has 176 valence electrons. The summed E-state index contributed by atoms with van der Waals surface area (Å²) in [5.41, 5.74) is 6.51. The van der Waals surface area contributed by atoms with E-state index in [0.29, 0.717) is 23.6 Å². The Labute approximate surface area is 193 Å². The topological polar surface area (TPSA) is 124 Å². The van der Waals surface area contributed by atoms with Crippen LogP contribution < -0.4 is 10.5 Å². The van der Waals surface area contributed by atoms with E-state index >= 15 is 0 Å². The third-order valence-electron chi connectivity index (χ3n) is 5.96. The summed E-state index contributed by atoms with van der Waals surface area (Å²) in [7, 11) is -3.10. The lowest BCUT2D eigenvalue weighted by Crippen LogP contribution is -2.48. The quantitative estimate of drug-likeness (QED) is 0.355. The lowest BCUT2D eigenvalue weighted by Gasteiger charge is -2.33. The Kier molecular flexibility index (Phi) is 7.12. The zero-order chi connectivity index (χ0) is 23.3. The number of rotatable bonds is 8. The number of carbonyl (C=O) groups is 1. The van der Waals surface area contributed by atoms with Crippen molar-refractivity contribution in [3.8, 4) is 11.6 Å². The monoisotopic (exact) mass is 472 g/mol. The molecule has 1 amide bonds. The van der Waals surface area contributed by atoms with Crippen molar-refractivity contribution < 1.29 is 22.8 Å². The van der Waals surface area contributed by atoms with Crippen LogP contribution in [0, 0.1) is 0 Å². The number of amides is 1. The molecular formula is C23H28N4O5S. The number of pyridine rings is 1. The van der Waals surface area contributed by atoms with E-state index in [-0.39, 0.29) is 41.9 Å². The van der Waals surface area contributed by atoms with Crippen LogP contribution in [-0.2, 0) is 19.5 Å². The van der Waals surface area contributed by atoms with Gasteiger partial charge in [-0.2, -0.15) is 0 Å². The third kappa shape index (κ3) is 6.01. The van der Waals surface area contributed by atoms with E-state index in [2.05, 4.69) is 10.1 Å². The molecule has 0 bridgehead atoms. The van der Waals surface area contributed by atoms with Gasteiger partial charge in [-0.15, -0.1) is 0 Å². The minimum absolute atomic E-state index is 0.0176. The summed E-state index contributed by atoms with van der Waals surface area (Å²) < 4.78 is 29.5. The highest BCUT2D eigenvalue weighted by Gasteiger charge is 2.39. The molecule has 2 aliphatic rings. The van der Waals surface area contributed by atoms with Crippen molar-refractivity contribution in [1.29, 1.82) is 0 Å². The first-order valence-electron chi connectivity index (χ1n) is 11.1. The maximum atomic E-state index is 12.9. The highest BCUT2D eigenvalue weighted by Crippen LogP contribution is 2.29. The van der Waals surface area contributed by atoms with Gasteiger partial charge in [0.05, 0.1) is 11.5 Å². The summed E-state index contributed by atoms with van der Waals surface area (Å²) in [6.45, 7) is -0.295. The molecule has 1 atom stereocenters. The van der Waals surface area contributed by atoms with Crippen LogP contribution in [-0.4, -0.2) is 60.2 Å². The van der Waals surface area contributed by atoms with Crippen LogP contribution in [0.25, 0.3) is 0 Å². The van der Waals surface area contributed by atoms with Crippen LogP contribution in [0.2, 0.25) is 0 Å². The van der Waals surface area contributed by atoms with Gasteiger partial charge in [-0.05, 0) is 37.5 Å². The number of para-hydroxylation sites is 1. The van der Waals surface area contributed by atoms with E-state index in [1.807, 2.05) is 30.3 Å². The van der Waals surface area contributed by atoms with Gasteiger partial charge in [-0.3, -0.25) is 4.79 Å². The number of ether oxygens (including phenoxy) is 1. The van der Waals surface area contributed by atoms with Crippen LogP contribution in [0.1, 0.15) is 37.7 Å². The predicted molar refractivity (Wildman–Crippen MR) is 124 cm³/mol. The van der Waals surface area contributed by atoms with Crippen LogP contribution in [0.3, 0.4) is 0 Å². The Morgan fingerprint density at radius 2 is 1.85 bits per heavy atom. The third-order valence-corrected chi connectivity index (χ3v) is 7.71. The number of carbonyl (C=O) groups excluding carboxylic acids is 1. The predicted octanol–water partition coefficient (Wildman–Crippen LogP) is 2.47. The molecule has 0 spiro atoms. The minimum atomic E-state index is -3.10. The molecule has 1 aliphatic heterocycles. The fourth-order valence-corrected chi connectivity index (χ4v) is 6.08. The molecular weight excluding hydrogens is 444 g/mol. The van der Waals surface area contributed by atoms with Crippen molar-refractivity contribution in [3.05, 3.63) is 54.2 Å². The molecule has 2 fully saturated rings. The first-order valence-corrected chi connectivity index (χ1v) is 12.9. The van der Waals surface area contributed by atoms with Crippen LogP contribution >= 0.6 is 0 Å². The van der Waals surface area contributed by atoms with Gasteiger partial charge in [0, 0.05) is 29.9 Å². The second kappa shape index (κ2) is 10.2. The van der Waals surface area contributed by atoms with Gasteiger partial charge >= 0.3 is 0 Å². The molecule has 0 radical (unpaired) electrons. The largest absolute Gasteiger partial charge is 0.439 e. The first-order chi connectivity index (χ1) is 15.9. The highest BCUT2D eigenvalue weighted by molar-refractivity contribution is 7.91. The first kappa shape index (κ1) is 23.0. The van der Waals surface area contributed by atoms with E-state index in [1.54, 1.807) is 17.0 Å². The molecule has 2 aromatic rings. The smallest absolute Gasteiger partial charge is 0.263 e. The van der Waals surface area contributed by atoms with Crippen molar-refractivity contribution in [3.63, 3.8) is 0 Å². The van der Waals surface area contributed by atoms with E-state index in [4.69, 9.17) is 15.3 Å². The summed E-state index contributed by atoms with van der Waals surface area (Å²) in [5.74, 6) is 1.04. The van der Waals surface area contributed by atoms with Crippen molar-refractivity contribution >= 4 is 21.6 Å². The van der Waals surface area contributed by atoms with E-state index in [1.165, 1.54) is 6.20 Å². The van der Waals surface area contributed by atoms with E-state index in [0.717, 1.165) is 25.7 Å². The highest BCUT2D eigenvalue weighted by atomic mass is 32.2. The number of sulfone groups is 1. The molecule has 1 aliphatic carbocycles. The van der Waals surface area contributed by atoms with Gasteiger partial charge in [0.25, 0.3) is 5.91 Å². The van der Waals surface area contributed by atoms with Gasteiger partial charge in [-0.1, -0.05) is 36.2 Å². The van der Waals surface area contributed by atoms with Crippen molar-refractivity contribution in [1.82, 2.24) is 9.88 Å². The Balaban J connectivity index is 1.35. The zero-order valence-corrected chi connectivity index (χ0v) is 19.1. The summed E-state index contributed by atoms with van der Waals surface area (Å²) in [4.78, 5) is 24.1. The molecule has 1 aromatic heterocycles. The summed E-state index contributed by atoms with van der Waals surface area (Å²) in [6.07, 6.45) is 5.83. The van der Waals surface area contributed by atoms with E-state index < -0.39 is 9.84 Å². The van der Waals surface area contributed by atoms with Crippen molar-refractivity contribution in [2.24, 2.45) is 10.9 Å². The van der Waals surface area contributed by atoms with Gasteiger partial charge < -0.3 is 20.2 Å². The molecule has 1 saturated heterocycles. The lowest BCUT2D eigenvalue weighted by atomic mass is 10.1. The fourth-order valence-electron chi connectivity index (χ4n) is 4.37. The SMILES string of the molecule is N/C(=N/OCC(=O)N(C1CCCC1)C1CCS(=O)(=O)C1)c1ccc(Oc2ccccc2)nc1. The molecule has 4 rings (SSSR count). The zero-order valence-electron chi connectivity index (χ0n) is 18.3. The summed E-state index contributed by atoms with van der Waals surface area (Å²) in [6, 6.07) is 12.4. The molecule has 33 heavy (non-hydrogen) atoms. The lowest BCUT2D eigenvalue weighted by molar-refractivity contribution is -0.140. The number of hydrogen-bond acceptors (Lipinski definition) is 7. The van der Waals surface area contributed by atoms with Crippen molar-refractivity contribution in [2.45, 2.75) is 44.2 Å². The van der Waals surface area contributed by atoms with Crippen LogP contribution in [0.5, 0.6) is 11.6 Å². The van der Waals surface area contributed by atoms with Crippen LogP contribution in [0.4, 0.5) is 0 Å². The van der Waals surface area contributed by atoms with Gasteiger partial charge in [0.1, 0.15) is 5.75 Å². The molecule has 1 saturated carbocycles. The Morgan fingerprint density at radius 3 is 2.48 bits per heavy atom. The molecule has 2 heterocycles. The van der Waals surface area contributed by atoms with Gasteiger partial charge in [0.15, 0.2) is 22.3 Å². The molecule has 1 aromatic carbocycles. The second-order valence-electron chi connectivity index (χ2n) is 8.35. The number of benzene rings is 1. The number of aromatic nitrogens is 1. The average Bonchev–Trinajstić information content (AvgIpc) is 3.45. The average molecular weight is 473 g/mol. The molecule has 2 N–H and O–H groups in total. The molecule has 9 nitrogen and oxygen atoms in total. The minimum Gasteiger partial charge on any atom is -0.439 e. The maximum Gasteiger partial charge on any atom is 0.263 e. The standard InChI is InChI=1S/C23H28N4O5S/c24-23(17-10-11-21(25-14-17)32-20-8-2-1-3-9-20)26-31-15-22(28)27(18-6-4-5-7-18)19-12-13-33(29,30)16-19/h1-3,8-11,14,18-19H,4-7,12-13,15-16H2,(H2,24,26). The van der Waals surface area contributed by atoms with Gasteiger partial charge in [0.2, 0.25) is 5.88 Å². The maximum absolute atomic E-state index is 12.9. The van der Waals surface area contributed by atoms with Crippen molar-refractivity contribution in [2.75, 3.05) is 18.1 Å². The number of hydrogen-bond donors (Lipinski definition) is 1. The number of amidine groups is 1. The second-order valence-corrected chi connectivity index (χ2v) is 10.6. The summed E-state index contributed by atoms with van der Waals surface area (Å²) >= 11 is 0. The van der Waals surface area contributed by atoms with Crippen LogP contribution in [0.15, 0.2) is 53.8 Å². The van der Waals surface area contributed by atoms with Gasteiger partial charge in [-0.25, -0.2) is 13.4 Å². The molecule has 1 unspecified atom stereocenters. The number of nitrogens with two attached hydrogens (primary N) is 1. The normalized spacial score (nSPS) is 20.5. The Bertz CT molecular complexity index is 1080. The Hall–Kier alpha value is -3.14. The Morgan fingerprint density at radius 1 is 1.09 bits per heavy atom. The van der Waals surface area contributed by atoms with E-state index in [9.17, 15) is 13.2 Å². The molecule has 10 heteroatoms. The summed E-state index contributed by atoms with van der Waals surface area (Å²) in [5, 5.41) is 3.86. The number of oxime groups is 1. The number of nitrogens with zero attached hydrogens (tertiary/aromatic N) is 3. The fraction of sp³-hybridized carbons (Fsp3) is 0.435.